The lowest BCUT2D eigenvalue weighted by Gasteiger charge is -2.29. The van der Waals surface area contributed by atoms with E-state index in [1.54, 1.807) is 0 Å². The van der Waals surface area contributed by atoms with Crippen molar-refractivity contribution in [1.82, 2.24) is 15.3 Å². The fourth-order valence-corrected chi connectivity index (χ4v) is 3.61. The number of amides is 2. The molecule has 2 aromatic rings. The molecular formula is C20H23N5O4. The first-order chi connectivity index (χ1) is 14.1. The van der Waals surface area contributed by atoms with Crippen LogP contribution < -0.4 is 21.1 Å². The van der Waals surface area contributed by atoms with Crippen LogP contribution in [0.3, 0.4) is 0 Å². The number of nitrogens with zero attached hydrogens (tertiary/aromatic N) is 2. The van der Waals surface area contributed by atoms with Crippen LogP contribution in [0.2, 0.25) is 0 Å². The van der Waals surface area contributed by atoms with E-state index in [-0.39, 0.29) is 29.6 Å². The van der Waals surface area contributed by atoms with Crippen LogP contribution in [-0.2, 0) is 20.7 Å². The summed E-state index contributed by atoms with van der Waals surface area (Å²) >= 11 is 0. The molecule has 0 aliphatic carbocycles. The minimum Gasteiger partial charge on any atom is -0.378 e. The molecule has 1 aromatic carbocycles. The predicted octanol–water partition coefficient (Wildman–Crippen LogP) is 0.391. The van der Waals surface area contributed by atoms with Gasteiger partial charge in [-0.2, -0.15) is 4.98 Å². The van der Waals surface area contributed by atoms with E-state index in [0.717, 1.165) is 5.56 Å². The number of anilines is 2. The van der Waals surface area contributed by atoms with Crippen LogP contribution in [0.4, 0.5) is 11.8 Å². The second-order valence-corrected chi connectivity index (χ2v) is 7.08. The molecule has 0 saturated carbocycles. The third-order valence-electron chi connectivity index (χ3n) is 5.12. The van der Waals surface area contributed by atoms with Gasteiger partial charge in [-0.15, -0.1) is 0 Å². The Morgan fingerprint density at radius 1 is 1.21 bits per heavy atom. The summed E-state index contributed by atoms with van der Waals surface area (Å²) in [5, 5.41) is 5.48. The Balaban J connectivity index is 1.51. The molecule has 9 heteroatoms. The summed E-state index contributed by atoms with van der Waals surface area (Å²) in [5.74, 6) is -0.989. The van der Waals surface area contributed by atoms with Crippen molar-refractivity contribution >= 4 is 23.6 Å². The van der Waals surface area contributed by atoms with Gasteiger partial charge in [-0.1, -0.05) is 30.3 Å². The smallest absolute Gasteiger partial charge is 0.258 e. The molecular weight excluding hydrogens is 374 g/mol. The number of benzene rings is 1. The zero-order valence-corrected chi connectivity index (χ0v) is 15.9. The molecule has 2 amide bonds. The molecule has 0 unspecified atom stereocenters. The molecule has 0 bridgehead atoms. The van der Waals surface area contributed by atoms with Gasteiger partial charge >= 0.3 is 0 Å². The topological polar surface area (TPSA) is 116 Å². The predicted molar refractivity (Wildman–Crippen MR) is 107 cm³/mol. The van der Waals surface area contributed by atoms with E-state index in [9.17, 15) is 14.4 Å². The van der Waals surface area contributed by atoms with Crippen molar-refractivity contribution in [1.29, 1.82) is 0 Å². The molecule has 0 radical (unpaired) electrons. The van der Waals surface area contributed by atoms with Crippen LogP contribution in [0.5, 0.6) is 0 Å². The monoisotopic (exact) mass is 397 g/mol. The zero-order chi connectivity index (χ0) is 20.2. The Hall–Kier alpha value is -3.20. The number of aromatic nitrogens is 2. The lowest BCUT2D eigenvalue weighted by molar-refractivity contribution is -0.126. The molecule has 1 aromatic heterocycles. The number of morpholine rings is 1. The number of carbonyl (C=O) groups excluding carboxylic acids is 2. The summed E-state index contributed by atoms with van der Waals surface area (Å²) in [6.45, 7) is 2.70. The quantitative estimate of drug-likeness (QED) is 0.672. The molecule has 1 atom stereocenters. The SMILES string of the molecule is O=C1C[C@H](C(=O)NCCc2ccccc2)c2c(nc(N3CCOCC3)[nH]c2=O)N1. The average Bonchev–Trinajstić information content (AvgIpc) is 2.74. The van der Waals surface area contributed by atoms with Gasteiger partial charge in [-0.25, -0.2) is 0 Å². The number of fused-ring (bicyclic) bond motifs is 1. The van der Waals surface area contributed by atoms with E-state index in [1.807, 2.05) is 35.2 Å². The van der Waals surface area contributed by atoms with Crippen molar-refractivity contribution in [2.24, 2.45) is 0 Å². The van der Waals surface area contributed by atoms with Crippen LogP contribution in [0.1, 0.15) is 23.5 Å². The number of ether oxygens (including phenoxy) is 1. The van der Waals surface area contributed by atoms with E-state index in [1.165, 1.54) is 0 Å². The van der Waals surface area contributed by atoms with Crippen molar-refractivity contribution in [3.05, 3.63) is 51.8 Å². The van der Waals surface area contributed by atoms with E-state index >= 15 is 0 Å². The Morgan fingerprint density at radius 2 is 1.97 bits per heavy atom. The number of nitrogens with one attached hydrogen (secondary N) is 3. The standard InChI is InChI=1S/C20H23N5O4/c26-15-12-14(18(27)21-7-6-13-4-2-1-3-5-13)16-17(22-15)23-20(24-19(16)28)25-8-10-29-11-9-25/h1-5,14H,6-12H2,(H,21,27)(H2,22,23,24,26,28)/t14-/m0/s1. The Bertz CT molecular complexity index is 953. The summed E-state index contributed by atoms with van der Waals surface area (Å²) in [5.41, 5.74) is 0.905. The second-order valence-electron chi connectivity index (χ2n) is 7.08. The van der Waals surface area contributed by atoms with E-state index in [2.05, 4.69) is 20.6 Å². The lowest BCUT2D eigenvalue weighted by atomic mass is 9.92. The largest absolute Gasteiger partial charge is 0.378 e. The van der Waals surface area contributed by atoms with Gasteiger partial charge in [0.1, 0.15) is 5.82 Å². The third-order valence-corrected chi connectivity index (χ3v) is 5.12. The number of carbonyl (C=O) groups is 2. The molecule has 0 spiro atoms. The van der Waals surface area contributed by atoms with E-state index in [0.29, 0.717) is 45.2 Å². The highest BCUT2D eigenvalue weighted by molar-refractivity contribution is 6.00. The molecule has 9 nitrogen and oxygen atoms in total. The van der Waals surface area contributed by atoms with Crippen LogP contribution in [0, 0.1) is 0 Å². The van der Waals surface area contributed by atoms with Crippen molar-refractivity contribution in [2.75, 3.05) is 43.1 Å². The first kappa shape index (κ1) is 19.1. The van der Waals surface area contributed by atoms with Gasteiger partial charge in [0.2, 0.25) is 17.8 Å². The molecule has 2 aliphatic heterocycles. The molecule has 1 saturated heterocycles. The normalized spacial score (nSPS) is 18.7. The Kier molecular flexibility index (Phi) is 5.57. The summed E-state index contributed by atoms with van der Waals surface area (Å²) in [4.78, 5) is 46.7. The number of hydrogen-bond acceptors (Lipinski definition) is 6. The van der Waals surface area contributed by atoms with Crippen molar-refractivity contribution in [2.45, 2.75) is 18.8 Å². The number of H-pyrrole nitrogens is 1. The molecule has 3 N–H and O–H groups in total. The molecule has 2 aliphatic rings. The minimum absolute atomic E-state index is 0.0775. The maximum Gasteiger partial charge on any atom is 0.258 e. The maximum absolute atomic E-state index is 12.8. The molecule has 152 valence electrons. The number of hydrogen-bond donors (Lipinski definition) is 3. The zero-order valence-electron chi connectivity index (χ0n) is 15.9. The summed E-state index contributed by atoms with van der Waals surface area (Å²) in [6.07, 6.45) is 0.592. The van der Waals surface area contributed by atoms with Gasteiger partial charge in [-0.05, 0) is 12.0 Å². The highest BCUT2D eigenvalue weighted by Gasteiger charge is 2.35. The highest BCUT2D eigenvalue weighted by Crippen LogP contribution is 2.29. The summed E-state index contributed by atoms with van der Waals surface area (Å²) < 4.78 is 5.31. The van der Waals surface area contributed by atoms with Crippen molar-refractivity contribution in [3.63, 3.8) is 0 Å². The fraction of sp³-hybridized carbons (Fsp3) is 0.400. The van der Waals surface area contributed by atoms with E-state index < -0.39 is 11.5 Å². The fourth-order valence-electron chi connectivity index (χ4n) is 3.61. The third kappa shape index (κ3) is 4.29. The second kappa shape index (κ2) is 8.44. The van der Waals surface area contributed by atoms with Gasteiger partial charge in [0.15, 0.2) is 0 Å². The Labute approximate surface area is 167 Å². The molecule has 4 rings (SSSR count). The van der Waals surface area contributed by atoms with Gasteiger partial charge in [-0.3, -0.25) is 19.4 Å². The number of aromatic amines is 1. The van der Waals surface area contributed by atoms with Crippen molar-refractivity contribution in [3.8, 4) is 0 Å². The molecule has 29 heavy (non-hydrogen) atoms. The highest BCUT2D eigenvalue weighted by atomic mass is 16.5. The van der Waals surface area contributed by atoms with E-state index in [4.69, 9.17) is 4.74 Å². The van der Waals surface area contributed by atoms with Crippen LogP contribution in [0.15, 0.2) is 35.1 Å². The Morgan fingerprint density at radius 3 is 2.72 bits per heavy atom. The van der Waals surface area contributed by atoms with Crippen LogP contribution in [0.25, 0.3) is 0 Å². The van der Waals surface area contributed by atoms with Crippen molar-refractivity contribution < 1.29 is 14.3 Å². The molecule has 1 fully saturated rings. The summed E-state index contributed by atoms with van der Waals surface area (Å²) in [7, 11) is 0. The van der Waals surface area contributed by atoms with Gasteiger partial charge in [0.25, 0.3) is 5.56 Å². The first-order valence-corrected chi connectivity index (χ1v) is 9.70. The maximum atomic E-state index is 12.8. The summed E-state index contributed by atoms with van der Waals surface area (Å²) in [6, 6.07) is 9.78. The van der Waals surface area contributed by atoms with Gasteiger partial charge in [0, 0.05) is 26.1 Å². The molecule has 3 heterocycles. The van der Waals surface area contributed by atoms with Crippen LogP contribution >= 0.6 is 0 Å². The average molecular weight is 397 g/mol. The first-order valence-electron chi connectivity index (χ1n) is 9.70. The van der Waals surface area contributed by atoms with Gasteiger partial charge < -0.3 is 20.3 Å². The lowest BCUT2D eigenvalue weighted by Crippen LogP contribution is -2.42. The van der Waals surface area contributed by atoms with Gasteiger partial charge in [0.05, 0.1) is 24.7 Å². The number of rotatable bonds is 5. The van der Waals surface area contributed by atoms with Crippen LogP contribution in [-0.4, -0.2) is 54.6 Å². The minimum atomic E-state index is -0.857.